The first-order chi connectivity index (χ1) is 6.64. The minimum atomic E-state index is -0.542. The predicted molar refractivity (Wildman–Crippen MR) is 58.3 cm³/mol. The second kappa shape index (κ2) is 5.52. The topological polar surface area (TPSA) is 29.5 Å². The fourth-order valence-electron chi connectivity index (χ4n) is 1.88. The third-order valence-electron chi connectivity index (χ3n) is 2.92. The van der Waals surface area contributed by atoms with E-state index in [9.17, 15) is 5.11 Å². The number of allylic oxidation sites excluding steroid dienone is 1. The van der Waals surface area contributed by atoms with Gasteiger partial charge in [-0.2, -0.15) is 0 Å². The maximum Gasteiger partial charge on any atom is 0.0623 e. The van der Waals surface area contributed by atoms with Crippen LogP contribution in [0.4, 0.5) is 0 Å². The highest BCUT2D eigenvalue weighted by Gasteiger charge is 2.23. The van der Waals surface area contributed by atoms with Gasteiger partial charge in [-0.25, -0.2) is 0 Å². The van der Waals surface area contributed by atoms with Crippen molar-refractivity contribution in [1.82, 2.24) is 0 Å². The van der Waals surface area contributed by atoms with E-state index >= 15 is 0 Å². The molecule has 0 aromatic heterocycles. The molecule has 1 saturated heterocycles. The van der Waals surface area contributed by atoms with E-state index in [-0.39, 0.29) is 0 Å². The van der Waals surface area contributed by atoms with Crippen LogP contribution in [0.2, 0.25) is 0 Å². The van der Waals surface area contributed by atoms with E-state index in [1.165, 1.54) is 6.42 Å². The number of ether oxygens (including phenoxy) is 1. The van der Waals surface area contributed by atoms with Crippen molar-refractivity contribution < 1.29 is 9.84 Å². The van der Waals surface area contributed by atoms with Crippen LogP contribution in [0.3, 0.4) is 0 Å². The van der Waals surface area contributed by atoms with Gasteiger partial charge >= 0.3 is 0 Å². The summed E-state index contributed by atoms with van der Waals surface area (Å²) >= 11 is 0. The van der Waals surface area contributed by atoms with Crippen LogP contribution >= 0.6 is 0 Å². The fourth-order valence-corrected chi connectivity index (χ4v) is 1.88. The second-order valence-electron chi connectivity index (χ2n) is 4.50. The molecule has 0 spiro atoms. The van der Waals surface area contributed by atoms with Crippen LogP contribution in [-0.4, -0.2) is 23.4 Å². The lowest BCUT2D eigenvalue weighted by Crippen LogP contribution is -2.25. The zero-order valence-electron chi connectivity index (χ0n) is 9.17. The summed E-state index contributed by atoms with van der Waals surface area (Å²) in [6.45, 7) is 6.48. The zero-order chi connectivity index (χ0) is 10.4. The average Bonchev–Trinajstić information content (AvgIpc) is 2.64. The Morgan fingerprint density at radius 1 is 1.57 bits per heavy atom. The first kappa shape index (κ1) is 11.7. The van der Waals surface area contributed by atoms with Gasteiger partial charge in [0.25, 0.3) is 0 Å². The molecule has 1 rings (SSSR count). The molecule has 0 aliphatic carbocycles. The molecular formula is C12H22O2. The lowest BCUT2D eigenvalue weighted by atomic mass is 9.92. The molecule has 82 valence electrons. The first-order valence-electron chi connectivity index (χ1n) is 5.59. The van der Waals surface area contributed by atoms with Crippen LogP contribution in [-0.2, 0) is 4.74 Å². The SMILES string of the molecule is C=CCCC(C)(O)CCC1CCCO1. The Morgan fingerprint density at radius 2 is 2.36 bits per heavy atom. The van der Waals surface area contributed by atoms with Gasteiger partial charge < -0.3 is 9.84 Å². The summed E-state index contributed by atoms with van der Waals surface area (Å²) in [4.78, 5) is 0. The third kappa shape index (κ3) is 4.25. The quantitative estimate of drug-likeness (QED) is 0.665. The van der Waals surface area contributed by atoms with Gasteiger partial charge in [-0.15, -0.1) is 6.58 Å². The molecular weight excluding hydrogens is 176 g/mol. The van der Waals surface area contributed by atoms with E-state index in [0.717, 1.165) is 38.7 Å². The zero-order valence-corrected chi connectivity index (χ0v) is 9.17. The minimum Gasteiger partial charge on any atom is -0.390 e. The van der Waals surface area contributed by atoms with Gasteiger partial charge in [0.05, 0.1) is 11.7 Å². The molecule has 2 heteroatoms. The van der Waals surface area contributed by atoms with Crippen molar-refractivity contribution in [3.63, 3.8) is 0 Å². The summed E-state index contributed by atoms with van der Waals surface area (Å²) in [7, 11) is 0. The first-order valence-corrected chi connectivity index (χ1v) is 5.59. The molecule has 2 nitrogen and oxygen atoms in total. The minimum absolute atomic E-state index is 0.394. The van der Waals surface area contributed by atoms with E-state index in [2.05, 4.69) is 6.58 Å². The van der Waals surface area contributed by atoms with E-state index in [1.807, 2.05) is 13.0 Å². The van der Waals surface area contributed by atoms with E-state index < -0.39 is 5.60 Å². The van der Waals surface area contributed by atoms with Crippen LogP contribution < -0.4 is 0 Å². The van der Waals surface area contributed by atoms with Crippen molar-refractivity contribution in [1.29, 1.82) is 0 Å². The van der Waals surface area contributed by atoms with Gasteiger partial charge in [0.15, 0.2) is 0 Å². The number of hydrogen-bond acceptors (Lipinski definition) is 2. The molecule has 1 aliphatic heterocycles. The number of hydrogen-bond donors (Lipinski definition) is 1. The standard InChI is InChI=1S/C12H22O2/c1-3-4-8-12(2,13)9-7-11-6-5-10-14-11/h3,11,13H,1,4-10H2,2H3. The molecule has 14 heavy (non-hydrogen) atoms. The Kier molecular flexibility index (Phi) is 4.63. The Morgan fingerprint density at radius 3 is 2.93 bits per heavy atom. The average molecular weight is 198 g/mol. The molecule has 1 heterocycles. The molecule has 0 bridgehead atoms. The van der Waals surface area contributed by atoms with Crippen molar-refractivity contribution in [2.24, 2.45) is 0 Å². The van der Waals surface area contributed by atoms with Crippen LogP contribution in [0.25, 0.3) is 0 Å². The number of aliphatic hydroxyl groups is 1. The second-order valence-corrected chi connectivity index (χ2v) is 4.50. The Labute approximate surface area is 87.0 Å². The molecule has 1 aliphatic rings. The Bertz CT molecular complexity index is 169. The van der Waals surface area contributed by atoms with Crippen LogP contribution in [0.15, 0.2) is 12.7 Å². The smallest absolute Gasteiger partial charge is 0.0623 e. The molecule has 2 unspecified atom stereocenters. The molecule has 0 saturated carbocycles. The number of rotatable bonds is 6. The summed E-state index contributed by atoms with van der Waals surface area (Å²) < 4.78 is 5.52. The molecule has 0 radical (unpaired) electrons. The molecule has 1 fully saturated rings. The van der Waals surface area contributed by atoms with Gasteiger partial charge in [0.1, 0.15) is 0 Å². The third-order valence-corrected chi connectivity index (χ3v) is 2.92. The summed E-state index contributed by atoms with van der Waals surface area (Å²) in [6, 6.07) is 0. The highest BCUT2D eigenvalue weighted by Crippen LogP contribution is 2.24. The van der Waals surface area contributed by atoms with Crippen LogP contribution in [0, 0.1) is 0 Å². The molecule has 0 aromatic carbocycles. The molecule has 0 aromatic rings. The van der Waals surface area contributed by atoms with Crippen molar-refractivity contribution in [3.8, 4) is 0 Å². The van der Waals surface area contributed by atoms with Gasteiger partial charge in [0.2, 0.25) is 0 Å². The maximum atomic E-state index is 10.0. The highest BCUT2D eigenvalue weighted by molar-refractivity contribution is 4.79. The van der Waals surface area contributed by atoms with Crippen molar-refractivity contribution in [2.75, 3.05) is 6.61 Å². The van der Waals surface area contributed by atoms with E-state index in [1.54, 1.807) is 0 Å². The molecule has 1 N–H and O–H groups in total. The predicted octanol–water partition coefficient (Wildman–Crippen LogP) is 2.66. The van der Waals surface area contributed by atoms with Crippen molar-refractivity contribution >= 4 is 0 Å². The van der Waals surface area contributed by atoms with E-state index in [0.29, 0.717) is 6.10 Å². The van der Waals surface area contributed by atoms with Crippen LogP contribution in [0.5, 0.6) is 0 Å². The highest BCUT2D eigenvalue weighted by atomic mass is 16.5. The van der Waals surface area contributed by atoms with Crippen molar-refractivity contribution in [3.05, 3.63) is 12.7 Å². The van der Waals surface area contributed by atoms with Crippen LogP contribution in [0.1, 0.15) is 45.4 Å². The Hall–Kier alpha value is -0.340. The monoisotopic (exact) mass is 198 g/mol. The normalized spacial score (nSPS) is 26.0. The largest absolute Gasteiger partial charge is 0.390 e. The van der Waals surface area contributed by atoms with E-state index in [4.69, 9.17) is 4.74 Å². The lowest BCUT2D eigenvalue weighted by Gasteiger charge is -2.24. The fraction of sp³-hybridized carbons (Fsp3) is 0.833. The maximum absolute atomic E-state index is 10.0. The molecule has 0 amide bonds. The summed E-state index contributed by atoms with van der Waals surface area (Å²) in [5, 5.41) is 10.0. The summed E-state index contributed by atoms with van der Waals surface area (Å²) in [5.74, 6) is 0. The summed E-state index contributed by atoms with van der Waals surface area (Å²) in [5.41, 5.74) is -0.542. The van der Waals surface area contributed by atoms with Gasteiger partial charge in [-0.3, -0.25) is 0 Å². The van der Waals surface area contributed by atoms with Gasteiger partial charge in [-0.1, -0.05) is 6.08 Å². The van der Waals surface area contributed by atoms with Gasteiger partial charge in [0, 0.05) is 6.61 Å². The van der Waals surface area contributed by atoms with Crippen molar-refractivity contribution in [2.45, 2.75) is 57.2 Å². The summed E-state index contributed by atoms with van der Waals surface area (Å²) in [6.07, 6.45) is 8.12. The van der Waals surface area contributed by atoms with Gasteiger partial charge in [-0.05, 0) is 45.4 Å². The Balaban J connectivity index is 2.16. The molecule has 2 atom stereocenters. The lowest BCUT2D eigenvalue weighted by molar-refractivity contribution is 0.0194.